The summed E-state index contributed by atoms with van der Waals surface area (Å²) in [6.07, 6.45) is 36.7. The molecule has 1 fully saturated rings. The van der Waals surface area contributed by atoms with Crippen molar-refractivity contribution >= 4 is 33.4 Å². The van der Waals surface area contributed by atoms with E-state index in [2.05, 4.69) is 70.9 Å². The molecule has 2 heterocycles. The van der Waals surface area contributed by atoms with Crippen molar-refractivity contribution in [3.63, 3.8) is 0 Å². The van der Waals surface area contributed by atoms with Crippen molar-refractivity contribution in [3.8, 4) is 0 Å². The molecular formula is C50H79N3O16P2. The van der Waals surface area contributed by atoms with Crippen LogP contribution in [0.5, 0.6) is 0 Å². The van der Waals surface area contributed by atoms with Crippen molar-refractivity contribution in [2.24, 2.45) is 0 Å². The third kappa shape index (κ3) is 31.2. The van der Waals surface area contributed by atoms with Crippen LogP contribution in [0.1, 0.15) is 142 Å². The minimum atomic E-state index is -5.45. The maximum Gasteiger partial charge on any atom is 0.481 e. The van der Waals surface area contributed by atoms with Gasteiger partial charge in [0.1, 0.15) is 30.7 Å². The molecule has 19 nitrogen and oxygen atoms in total. The van der Waals surface area contributed by atoms with Crippen molar-refractivity contribution in [2.75, 3.05) is 25.6 Å². The molecule has 0 aliphatic carbocycles. The monoisotopic (exact) mass is 1040 g/mol. The number of anilines is 1. The highest BCUT2D eigenvalue weighted by atomic mass is 31.3. The smallest absolute Gasteiger partial charge is 0.462 e. The highest BCUT2D eigenvalue weighted by molar-refractivity contribution is 7.61. The second-order valence-corrected chi connectivity index (χ2v) is 19.9. The SMILES string of the molecule is CCCCC/C=C\C/C=C\C/C=C\CCCCC(=O)O[C@H](COC(=O)CCC/C=C\C/C=C\C/C=C\C/C=C\CCC[C@@H](C)O)COP(=O)(O)OP(=O)(O)OC[C@H]1O[C@@H](n2ccc(N)nc2=O)[C@H](O)[C@@H]1O. The van der Waals surface area contributed by atoms with E-state index in [1.54, 1.807) is 6.92 Å². The van der Waals surface area contributed by atoms with Gasteiger partial charge in [-0.25, -0.2) is 13.9 Å². The molecule has 8 atom stereocenters. The molecule has 0 aromatic carbocycles. The van der Waals surface area contributed by atoms with Gasteiger partial charge in [0.05, 0.1) is 19.3 Å². The molecule has 1 aliphatic heterocycles. The van der Waals surface area contributed by atoms with Crippen molar-refractivity contribution in [3.05, 3.63) is 108 Å². The Hall–Kier alpha value is -4.10. The third-order valence-electron chi connectivity index (χ3n) is 10.5. The minimum Gasteiger partial charge on any atom is -0.462 e. The lowest BCUT2D eigenvalue weighted by molar-refractivity contribution is -0.161. The Labute approximate surface area is 419 Å². The van der Waals surface area contributed by atoms with Crippen LogP contribution in [0.15, 0.2) is 102 Å². The number of aliphatic hydroxyl groups excluding tert-OH is 3. The number of aliphatic hydroxyl groups is 3. The third-order valence-corrected chi connectivity index (χ3v) is 13.1. The van der Waals surface area contributed by atoms with E-state index in [0.29, 0.717) is 25.7 Å². The number of ether oxygens (including phenoxy) is 3. The number of hydrogen-bond acceptors (Lipinski definition) is 16. The van der Waals surface area contributed by atoms with Crippen molar-refractivity contribution in [1.82, 2.24) is 9.55 Å². The highest BCUT2D eigenvalue weighted by Gasteiger charge is 2.46. The number of aromatic nitrogens is 2. The molecule has 1 aromatic rings. The first kappa shape index (κ1) is 63.0. The number of rotatable bonds is 39. The van der Waals surface area contributed by atoms with Crippen LogP contribution in [0.4, 0.5) is 5.82 Å². The predicted octanol–water partition coefficient (Wildman–Crippen LogP) is 8.86. The molecule has 0 radical (unpaired) electrons. The number of esters is 2. The number of nitrogens with zero attached hydrogens (tertiary/aromatic N) is 2. The van der Waals surface area contributed by atoms with Gasteiger partial charge in [0, 0.05) is 19.0 Å². The molecule has 21 heteroatoms. The largest absolute Gasteiger partial charge is 0.481 e. The highest BCUT2D eigenvalue weighted by Crippen LogP contribution is 2.60. The Morgan fingerprint density at radius 3 is 1.79 bits per heavy atom. The summed E-state index contributed by atoms with van der Waals surface area (Å²) in [5, 5.41) is 30.2. The summed E-state index contributed by atoms with van der Waals surface area (Å²) in [5.41, 5.74) is 4.57. The molecule has 0 bridgehead atoms. The van der Waals surface area contributed by atoms with Crippen LogP contribution < -0.4 is 11.4 Å². The summed E-state index contributed by atoms with van der Waals surface area (Å²) < 4.78 is 56.6. The number of carbonyl (C=O) groups is 2. The molecule has 2 unspecified atom stereocenters. The normalized spacial score (nSPS) is 20.3. The maximum absolute atomic E-state index is 12.8. The van der Waals surface area contributed by atoms with Gasteiger partial charge in [0.2, 0.25) is 0 Å². The van der Waals surface area contributed by atoms with E-state index in [0.717, 1.165) is 75.0 Å². The summed E-state index contributed by atoms with van der Waals surface area (Å²) in [4.78, 5) is 61.8. The van der Waals surface area contributed by atoms with E-state index in [9.17, 15) is 48.6 Å². The second kappa shape index (κ2) is 37.6. The topological polar surface area (TPSA) is 286 Å². The quantitative estimate of drug-likeness (QED) is 0.0155. The zero-order valence-electron chi connectivity index (χ0n) is 41.4. The molecule has 7 N–H and O–H groups in total. The number of unbranched alkanes of at least 4 members (excludes halogenated alkanes) is 7. The molecule has 0 saturated carbocycles. The summed E-state index contributed by atoms with van der Waals surface area (Å²) in [6.45, 7) is 1.56. The average Bonchev–Trinajstić information content (AvgIpc) is 3.59. The number of carbonyl (C=O) groups excluding carboxylic acids is 2. The van der Waals surface area contributed by atoms with Crippen molar-refractivity contribution in [2.45, 2.75) is 173 Å². The van der Waals surface area contributed by atoms with E-state index >= 15 is 0 Å². The number of nitrogen functional groups attached to an aromatic ring is 1. The van der Waals surface area contributed by atoms with Gasteiger partial charge in [-0.05, 0) is 109 Å². The summed E-state index contributed by atoms with van der Waals surface area (Å²) >= 11 is 0. The number of allylic oxidation sites excluding steroid dienone is 14. The van der Waals surface area contributed by atoms with Crippen LogP contribution in [0.25, 0.3) is 0 Å². The van der Waals surface area contributed by atoms with E-state index in [1.807, 2.05) is 30.4 Å². The van der Waals surface area contributed by atoms with Gasteiger partial charge in [-0.1, -0.05) is 105 Å². The van der Waals surface area contributed by atoms with Gasteiger partial charge in [-0.3, -0.25) is 23.2 Å². The maximum atomic E-state index is 12.8. The van der Waals surface area contributed by atoms with Gasteiger partial charge in [-0.2, -0.15) is 9.29 Å². The average molecular weight is 1040 g/mol. The zero-order valence-corrected chi connectivity index (χ0v) is 43.1. The van der Waals surface area contributed by atoms with Gasteiger partial charge in [0.15, 0.2) is 12.3 Å². The molecule has 71 heavy (non-hydrogen) atoms. The predicted molar refractivity (Wildman–Crippen MR) is 271 cm³/mol. The van der Waals surface area contributed by atoms with Gasteiger partial charge in [-0.15, -0.1) is 0 Å². The van der Waals surface area contributed by atoms with Crippen LogP contribution in [0.3, 0.4) is 0 Å². The fraction of sp³-hybridized carbons (Fsp3) is 0.600. The van der Waals surface area contributed by atoms with Crippen molar-refractivity contribution < 1.29 is 71.4 Å². The lowest BCUT2D eigenvalue weighted by Gasteiger charge is -2.21. The summed E-state index contributed by atoms with van der Waals surface area (Å²) in [6, 6.07) is 1.24. The standard InChI is InChI=1S/C50H79N3O16P2/c1-3-4-5-6-7-8-9-10-12-17-20-23-26-29-32-35-46(56)67-42(38-64-45(55)34-31-28-25-22-19-16-14-11-13-15-18-21-24-27-30-33-41(2)54)39-65-70(60,61)69-71(62,63)66-40-43-47(57)48(58)49(68-43)53-37-36-44(51)52-50(53)59/h7-8,10,12-16,20-25,36-37,41-43,47-49,54,57-58H,3-6,9,11,17-19,26-35,38-40H2,1-2H3,(H,60,61)(H,62,63)(H2,51,52,59)/b8-7-,12-10-,15-13-,16-14-,23-20-,24-21-,25-22-/t41-,42-,43-,47-,48-,49-/m1/s1. The first-order chi connectivity index (χ1) is 34.0. The van der Waals surface area contributed by atoms with Crippen LogP contribution in [-0.4, -0.2) is 96.9 Å². The van der Waals surface area contributed by atoms with E-state index in [1.165, 1.54) is 25.3 Å². The molecule has 400 valence electrons. The molecule has 1 aromatic heterocycles. The van der Waals surface area contributed by atoms with Gasteiger partial charge >= 0.3 is 33.3 Å². The Morgan fingerprint density at radius 1 is 0.732 bits per heavy atom. The number of phosphoric acid groups is 2. The number of phosphoric ester groups is 2. The van der Waals surface area contributed by atoms with Crippen molar-refractivity contribution in [1.29, 1.82) is 0 Å². The molecular weight excluding hydrogens is 961 g/mol. The first-order valence-electron chi connectivity index (χ1n) is 24.6. The molecule has 1 aliphatic rings. The Bertz CT molecular complexity index is 2030. The summed E-state index contributed by atoms with van der Waals surface area (Å²) in [7, 11) is -10.9. The minimum absolute atomic E-state index is 0.0213. The fourth-order valence-electron chi connectivity index (χ4n) is 6.62. The van der Waals surface area contributed by atoms with Crippen LogP contribution >= 0.6 is 15.6 Å². The number of nitrogens with two attached hydrogens (primary N) is 1. The Morgan fingerprint density at radius 2 is 1.24 bits per heavy atom. The van der Waals surface area contributed by atoms with Gasteiger partial charge < -0.3 is 45.1 Å². The molecule has 1 saturated heterocycles. The molecule has 0 amide bonds. The second-order valence-electron chi connectivity index (χ2n) is 16.9. The van der Waals surface area contributed by atoms with E-state index in [4.69, 9.17) is 29.0 Å². The zero-order chi connectivity index (χ0) is 52.2. The first-order valence-corrected chi connectivity index (χ1v) is 27.6. The van der Waals surface area contributed by atoms with Gasteiger partial charge in [0.25, 0.3) is 0 Å². The van der Waals surface area contributed by atoms with Crippen LogP contribution in [0.2, 0.25) is 0 Å². The van der Waals surface area contributed by atoms with Crippen LogP contribution in [0, 0.1) is 0 Å². The summed E-state index contributed by atoms with van der Waals surface area (Å²) in [5.74, 6) is -1.44. The molecule has 0 spiro atoms. The fourth-order valence-corrected chi connectivity index (χ4v) is 8.73. The van der Waals surface area contributed by atoms with Crippen LogP contribution in [-0.2, 0) is 46.3 Å². The molecule has 2 rings (SSSR count). The Kier molecular flexibility index (Phi) is 33.4. The number of hydrogen-bond donors (Lipinski definition) is 6. The lowest BCUT2D eigenvalue weighted by Crippen LogP contribution is -2.36. The van der Waals surface area contributed by atoms with E-state index in [-0.39, 0.29) is 24.8 Å². The lowest BCUT2D eigenvalue weighted by atomic mass is 10.1. The Balaban J connectivity index is 1.85. The van der Waals surface area contributed by atoms with E-state index < -0.39 is 83.7 Å².